The highest BCUT2D eigenvalue weighted by Crippen LogP contribution is 2.36. The molecule has 9 heteroatoms. The fourth-order valence-electron chi connectivity index (χ4n) is 2.46. The summed E-state index contributed by atoms with van der Waals surface area (Å²) in [6.45, 7) is 1.56. The van der Waals surface area contributed by atoms with E-state index in [1.165, 1.54) is 11.3 Å². The topological polar surface area (TPSA) is 102 Å². The lowest BCUT2D eigenvalue weighted by molar-refractivity contribution is 0.0457. The van der Waals surface area contributed by atoms with Gasteiger partial charge in [0.05, 0.1) is 17.2 Å². The van der Waals surface area contributed by atoms with Crippen molar-refractivity contribution >= 4 is 61.3 Å². The van der Waals surface area contributed by atoms with Crippen molar-refractivity contribution in [1.29, 1.82) is 5.26 Å². The molecule has 27 heavy (non-hydrogen) atoms. The molecule has 0 spiro atoms. The first kappa shape index (κ1) is 19.2. The van der Waals surface area contributed by atoms with Crippen LogP contribution in [0.5, 0.6) is 0 Å². The summed E-state index contributed by atoms with van der Waals surface area (Å²) in [5.74, 6) is -1.24. The van der Waals surface area contributed by atoms with Crippen molar-refractivity contribution in [3.05, 3.63) is 50.2 Å². The first-order chi connectivity index (χ1) is 13.0. The van der Waals surface area contributed by atoms with Gasteiger partial charge in [-0.25, -0.2) is 9.59 Å². The Bertz CT molecular complexity index is 1080. The summed E-state index contributed by atoms with van der Waals surface area (Å²) >= 11 is 8.43. The van der Waals surface area contributed by atoms with Gasteiger partial charge in [-0.3, -0.25) is 0 Å². The van der Waals surface area contributed by atoms with E-state index in [4.69, 9.17) is 26.8 Å². The van der Waals surface area contributed by atoms with Crippen molar-refractivity contribution in [2.24, 2.45) is 0 Å². The summed E-state index contributed by atoms with van der Waals surface area (Å²) in [4.78, 5) is 25.0. The largest absolute Gasteiger partial charge is 0.462 e. The minimum atomic E-state index is -0.635. The number of nitrogen functional groups attached to an aromatic ring is 1. The Labute approximate surface area is 167 Å². The molecule has 0 radical (unpaired) electrons. The zero-order valence-electron chi connectivity index (χ0n) is 14.1. The average Bonchev–Trinajstić information content (AvgIpc) is 3.17. The number of esters is 2. The van der Waals surface area contributed by atoms with E-state index in [0.29, 0.717) is 5.02 Å². The molecule has 0 bridgehead atoms. The first-order valence-corrected chi connectivity index (χ1v) is 9.81. The van der Waals surface area contributed by atoms with Crippen LogP contribution in [0.4, 0.5) is 5.00 Å². The lowest BCUT2D eigenvalue weighted by Gasteiger charge is -2.06. The van der Waals surface area contributed by atoms with Gasteiger partial charge >= 0.3 is 11.9 Å². The Morgan fingerprint density at radius 2 is 1.89 bits per heavy atom. The van der Waals surface area contributed by atoms with Crippen molar-refractivity contribution < 1.29 is 19.1 Å². The number of hydrogen-bond acceptors (Lipinski definition) is 8. The molecule has 2 heterocycles. The maximum atomic E-state index is 12.5. The number of benzene rings is 1. The Hall–Kier alpha value is -2.60. The number of anilines is 1. The van der Waals surface area contributed by atoms with Crippen LogP contribution in [0.25, 0.3) is 10.1 Å². The van der Waals surface area contributed by atoms with E-state index < -0.39 is 11.9 Å². The Kier molecular flexibility index (Phi) is 5.65. The van der Waals surface area contributed by atoms with Gasteiger partial charge < -0.3 is 15.2 Å². The molecule has 0 aliphatic rings. The number of carbonyl (C=O) groups excluding carboxylic acids is 2. The Morgan fingerprint density at radius 3 is 2.56 bits per heavy atom. The number of nitrogens with two attached hydrogens (primary N) is 1. The predicted octanol–water partition coefficient (Wildman–Crippen LogP) is 4.60. The highest BCUT2D eigenvalue weighted by Gasteiger charge is 2.25. The molecular formula is C18H13ClN2O4S2. The predicted molar refractivity (Wildman–Crippen MR) is 105 cm³/mol. The van der Waals surface area contributed by atoms with E-state index in [9.17, 15) is 14.9 Å². The van der Waals surface area contributed by atoms with Crippen molar-refractivity contribution in [1.82, 2.24) is 0 Å². The number of hydrogen-bond donors (Lipinski definition) is 1. The first-order valence-electron chi connectivity index (χ1n) is 7.80. The van der Waals surface area contributed by atoms with Crippen molar-refractivity contribution in [3.63, 3.8) is 0 Å². The zero-order chi connectivity index (χ0) is 19.6. The van der Waals surface area contributed by atoms with Crippen LogP contribution in [-0.4, -0.2) is 18.5 Å². The van der Waals surface area contributed by atoms with Gasteiger partial charge in [0, 0.05) is 15.6 Å². The van der Waals surface area contributed by atoms with Crippen LogP contribution < -0.4 is 5.73 Å². The summed E-state index contributed by atoms with van der Waals surface area (Å²) in [6, 6.07) is 9.29. The molecular weight excluding hydrogens is 408 g/mol. The number of halogens is 1. The number of rotatable bonds is 5. The second-order valence-electron chi connectivity index (χ2n) is 5.30. The van der Waals surface area contributed by atoms with Gasteiger partial charge in [0.1, 0.15) is 27.4 Å². The third-order valence-electron chi connectivity index (χ3n) is 3.67. The van der Waals surface area contributed by atoms with E-state index in [1.54, 1.807) is 6.92 Å². The molecule has 0 fully saturated rings. The van der Waals surface area contributed by atoms with Crippen LogP contribution in [0.15, 0.2) is 24.3 Å². The molecule has 2 N–H and O–H groups in total. The smallest absolute Gasteiger partial charge is 0.350 e. The lowest BCUT2D eigenvalue weighted by Crippen LogP contribution is -2.09. The molecule has 3 aromatic rings. The number of thiophene rings is 2. The molecule has 138 valence electrons. The normalized spacial score (nSPS) is 10.6. The Morgan fingerprint density at radius 1 is 1.19 bits per heavy atom. The number of nitriles is 1. The number of carbonyl (C=O) groups is 2. The molecule has 0 amide bonds. The van der Waals surface area contributed by atoms with Gasteiger partial charge in [0.15, 0.2) is 0 Å². The summed E-state index contributed by atoms with van der Waals surface area (Å²) in [5.41, 5.74) is 6.16. The van der Waals surface area contributed by atoms with Crippen LogP contribution in [0.3, 0.4) is 0 Å². The molecule has 6 nitrogen and oxygen atoms in total. The maximum absolute atomic E-state index is 12.5. The van der Waals surface area contributed by atoms with E-state index in [1.807, 2.05) is 30.3 Å². The third-order valence-corrected chi connectivity index (χ3v) is 6.37. The van der Waals surface area contributed by atoms with E-state index >= 15 is 0 Å². The van der Waals surface area contributed by atoms with Crippen LogP contribution in [0, 0.1) is 11.3 Å². The molecule has 1 aromatic carbocycles. The molecule has 2 aromatic heterocycles. The Balaban J connectivity index is 1.87. The minimum absolute atomic E-state index is 0.110. The fraction of sp³-hybridized carbons (Fsp3) is 0.167. The monoisotopic (exact) mass is 420 g/mol. The van der Waals surface area contributed by atoms with Crippen LogP contribution >= 0.6 is 34.3 Å². The van der Waals surface area contributed by atoms with Gasteiger partial charge in [0.25, 0.3) is 0 Å². The second-order valence-corrected chi connectivity index (χ2v) is 7.78. The summed E-state index contributed by atoms with van der Waals surface area (Å²) in [5, 5.41) is 10.6. The number of fused-ring (bicyclic) bond motifs is 1. The average molecular weight is 421 g/mol. The van der Waals surface area contributed by atoms with Gasteiger partial charge in [0.2, 0.25) is 0 Å². The molecule has 0 aliphatic carbocycles. The lowest BCUT2D eigenvalue weighted by atomic mass is 10.1. The van der Waals surface area contributed by atoms with Crippen LogP contribution in [0.2, 0.25) is 5.02 Å². The molecule has 0 aliphatic heterocycles. The summed E-state index contributed by atoms with van der Waals surface area (Å²) in [7, 11) is 0. The molecule has 0 unspecified atom stereocenters. The molecule has 0 saturated carbocycles. The zero-order valence-corrected chi connectivity index (χ0v) is 16.5. The minimum Gasteiger partial charge on any atom is -0.462 e. The van der Waals surface area contributed by atoms with Gasteiger partial charge in [-0.2, -0.15) is 5.26 Å². The van der Waals surface area contributed by atoms with Crippen molar-refractivity contribution in [2.45, 2.75) is 13.5 Å². The standard InChI is InChI=1S/C18H13ClN2O4S2/c1-2-24-17(22)14-11(10(7-20)16(21)27-14)8-25-18(23)15-13(19)9-5-3-4-6-12(9)26-15/h3-6H,2,8,21H2,1H3. The second kappa shape index (κ2) is 7.96. The molecule has 0 atom stereocenters. The highest BCUT2D eigenvalue weighted by molar-refractivity contribution is 7.21. The quantitative estimate of drug-likeness (QED) is 0.605. The van der Waals surface area contributed by atoms with Crippen LogP contribution in [0.1, 0.15) is 37.4 Å². The van der Waals surface area contributed by atoms with E-state index in [-0.39, 0.29) is 39.1 Å². The molecule has 0 saturated heterocycles. The van der Waals surface area contributed by atoms with Crippen molar-refractivity contribution in [2.75, 3.05) is 12.3 Å². The fourth-order valence-corrected chi connectivity index (χ4v) is 4.77. The SMILES string of the molecule is CCOC(=O)c1sc(N)c(C#N)c1COC(=O)c1sc2ccccc2c1Cl. The van der Waals surface area contributed by atoms with Gasteiger partial charge in [-0.1, -0.05) is 29.8 Å². The molecule has 3 rings (SSSR count). The van der Waals surface area contributed by atoms with Crippen molar-refractivity contribution in [3.8, 4) is 6.07 Å². The van der Waals surface area contributed by atoms with Gasteiger partial charge in [-0.15, -0.1) is 22.7 Å². The van der Waals surface area contributed by atoms with Gasteiger partial charge in [-0.05, 0) is 13.0 Å². The van der Waals surface area contributed by atoms with E-state index in [2.05, 4.69) is 0 Å². The highest BCUT2D eigenvalue weighted by atomic mass is 35.5. The van der Waals surface area contributed by atoms with E-state index in [0.717, 1.165) is 21.4 Å². The van der Waals surface area contributed by atoms with Crippen LogP contribution in [-0.2, 0) is 16.1 Å². The summed E-state index contributed by atoms with van der Waals surface area (Å²) in [6.07, 6.45) is 0. The maximum Gasteiger partial charge on any atom is 0.350 e. The number of ether oxygens (including phenoxy) is 2. The third kappa shape index (κ3) is 3.62. The summed E-state index contributed by atoms with van der Waals surface area (Å²) < 4.78 is 11.2. The number of nitrogens with zero attached hydrogens (tertiary/aromatic N) is 1.